The molecule has 0 aliphatic rings. The van der Waals surface area contributed by atoms with Gasteiger partial charge in [0.1, 0.15) is 5.75 Å². The largest absolute Gasteiger partial charge is 0.496 e. The molecule has 2 rings (SSSR count). The maximum atomic E-state index is 5.89. The molecule has 1 aromatic heterocycles. The van der Waals surface area contributed by atoms with Crippen LogP contribution in [0.1, 0.15) is 10.4 Å². The standard InChI is InChI=1S/C15H19NOS/c1-17-15-7-3-2-5-13(15)9-12(11-16)10-14-6-4-8-18-14/h2-8,12H,9-11,16H2,1H3. The van der Waals surface area contributed by atoms with Crippen molar-refractivity contribution in [1.29, 1.82) is 0 Å². The Hall–Kier alpha value is -1.32. The van der Waals surface area contributed by atoms with Gasteiger partial charge in [-0.25, -0.2) is 0 Å². The summed E-state index contributed by atoms with van der Waals surface area (Å²) in [5.41, 5.74) is 7.14. The molecule has 0 fully saturated rings. The van der Waals surface area contributed by atoms with Crippen molar-refractivity contribution in [3.05, 3.63) is 52.2 Å². The molecular weight excluding hydrogens is 242 g/mol. The van der Waals surface area contributed by atoms with Gasteiger partial charge in [0.2, 0.25) is 0 Å². The molecule has 0 amide bonds. The minimum atomic E-state index is 0.472. The first-order valence-electron chi connectivity index (χ1n) is 6.17. The van der Waals surface area contributed by atoms with Crippen LogP contribution in [0.2, 0.25) is 0 Å². The van der Waals surface area contributed by atoms with Crippen molar-refractivity contribution in [3.63, 3.8) is 0 Å². The summed E-state index contributed by atoms with van der Waals surface area (Å²) in [4.78, 5) is 1.40. The van der Waals surface area contributed by atoms with Gasteiger partial charge in [0.15, 0.2) is 0 Å². The predicted octanol–water partition coefficient (Wildman–Crippen LogP) is 3.12. The average Bonchev–Trinajstić information content (AvgIpc) is 2.91. The molecule has 1 atom stereocenters. The molecule has 0 bridgehead atoms. The summed E-state index contributed by atoms with van der Waals surface area (Å²) in [5.74, 6) is 1.43. The van der Waals surface area contributed by atoms with E-state index in [0.29, 0.717) is 12.5 Å². The SMILES string of the molecule is COc1ccccc1CC(CN)Cc1cccs1. The van der Waals surface area contributed by atoms with Crippen LogP contribution in [-0.4, -0.2) is 13.7 Å². The van der Waals surface area contributed by atoms with Crippen LogP contribution >= 0.6 is 11.3 Å². The van der Waals surface area contributed by atoms with Gasteiger partial charge in [-0.2, -0.15) is 0 Å². The number of thiophene rings is 1. The molecule has 2 aromatic rings. The van der Waals surface area contributed by atoms with Crippen LogP contribution in [0.3, 0.4) is 0 Å². The first kappa shape index (κ1) is 13.1. The third-order valence-electron chi connectivity index (χ3n) is 3.10. The van der Waals surface area contributed by atoms with Gasteiger partial charge in [0.25, 0.3) is 0 Å². The summed E-state index contributed by atoms with van der Waals surface area (Å²) in [5, 5.41) is 2.12. The van der Waals surface area contributed by atoms with Gasteiger partial charge in [-0.3, -0.25) is 0 Å². The minimum Gasteiger partial charge on any atom is -0.496 e. The number of ether oxygens (including phenoxy) is 1. The number of rotatable bonds is 6. The predicted molar refractivity (Wildman–Crippen MR) is 77.3 cm³/mol. The van der Waals surface area contributed by atoms with E-state index in [9.17, 15) is 0 Å². The molecule has 1 unspecified atom stereocenters. The number of nitrogens with two attached hydrogens (primary N) is 1. The molecule has 18 heavy (non-hydrogen) atoms. The molecule has 1 heterocycles. The zero-order valence-corrected chi connectivity index (χ0v) is 11.5. The van der Waals surface area contributed by atoms with Crippen LogP contribution in [0, 0.1) is 5.92 Å². The molecule has 2 nitrogen and oxygen atoms in total. The second-order valence-electron chi connectivity index (χ2n) is 4.40. The van der Waals surface area contributed by atoms with E-state index in [-0.39, 0.29) is 0 Å². The van der Waals surface area contributed by atoms with E-state index in [2.05, 4.69) is 29.6 Å². The van der Waals surface area contributed by atoms with E-state index in [1.807, 2.05) is 12.1 Å². The smallest absolute Gasteiger partial charge is 0.122 e. The maximum absolute atomic E-state index is 5.89. The van der Waals surface area contributed by atoms with Crippen LogP contribution in [-0.2, 0) is 12.8 Å². The van der Waals surface area contributed by atoms with E-state index in [1.165, 1.54) is 10.4 Å². The average molecular weight is 261 g/mol. The first-order valence-corrected chi connectivity index (χ1v) is 7.05. The molecule has 3 heteroatoms. The summed E-state index contributed by atoms with van der Waals surface area (Å²) < 4.78 is 5.39. The van der Waals surface area contributed by atoms with Crippen molar-refractivity contribution in [3.8, 4) is 5.75 Å². The van der Waals surface area contributed by atoms with E-state index in [4.69, 9.17) is 10.5 Å². The van der Waals surface area contributed by atoms with Crippen LogP contribution in [0.15, 0.2) is 41.8 Å². The van der Waals surface area contributed by atoms with Gasteiger partial charge in [0, 0.05) is 4.88 Å². The minimum absolute atomic E-state index is 0.472. The molecule has 0 saturated carbocycles. The normalized spacial score (nSPS) is 12.3. The van der Waals surface area contributed by atoms with Gasteiger partial charge in [-0.05, 0) is 48.4 Å². The summed E-state index contributed by atoms with van der Waals surface area (Å²) >= 11 is 1.80. The summed E-state index contributed by atoms with van der Waals surface area (Å²) in [6.07, 6.45) is 2.02. The van der Waals surface area contributed by atoms with Crippen molar-refractivity contribution in [1.82, 2.24) is 0 Å². The highest BCUT2D eigenvalue weighted by molar-refractivity contribution is 7.09. The third kappa shape index (κ3) is 3.34. The van der Waals surface area contributed by atoms with Crippen LogP contribution in [0.25, 0.3) is 0 Å². The number of hydrogen-bond acceptors (Lipinski definition) is 3. The van der Waals surface area contributed by atoms with Crippen LogP contribution in [0.4, 0.5) is 0 Å². The van der Waals surface area contributed by atoms with Crippen molar-refractivity contribution >= 4 is 11.3 Å². The van der Waals surface area contributed by atoms with Crippen LogP contribution < -0.4 is 10.5 Å². The lowest BCUT2D eigenvalue weighted by atomic mass is 9.95. The molecular formula is C15H19NOS. The van der Waals surface area contributed by atoms with E-state index >= 15 is 0 Å². The molecule has 1 aromatic carbocycles. The zero-order valence-electron chi connectivity index (χ0n) is 10.6. The Morgan fingerprint density at radius 2 is 2.00 bits per heavy atom. The fraction of sp³-hybridized carbons (Fsp3) is 0.333. The second-order valence-corrected chi connectivity index (χ2v) is 5.43. The Labute approximate surface area is 112 Å². The molecule has 0 spiro atoms. The lowest BCUT2D eigenvalue weighted by molar-refractivity contribution is 0.404. The van der Waals surface area contributed by atoms with Crippen molar-refractivity contribution in [2.75, 3.05) is 13.7 Å². The number of benzene rings is 1. The zero-order chi connectivity index (χ0) is 12.8. The van der Waals surface area contributed by atoms with Gasteiger partial charge in [0.05, 0.1) is 7.11 Å². The highest BCUT2D eigenvalue weighted by Gasteiger charge is 2.12. The molecule has 0 aliphatic carbocycles. The summed E-state index contributed by atoms with van der Waals surface area (Å²) in [6.45, 7) is 0.704. The van der Waals surface area contributed by atoms with Gasteiger partial charge < -0.3 is 10.5 Å². The topological polar surface area (TPSA) is 35.2 Å². The van der Waals surface area contributed by atoms with Gasteiger partial charge in [-0.1, -0.05) is 24.3 Å². The van der Waals surface area contributed by atoms with Gasteiger partial charge in [-0.15, -0.1) is 11.3 Å². The van der Waals surface area contributed by atoms with E-state index in [1.54, 1.807) is 18.4 Å². The summed E-state index contributed by atoms with van der Waals surface area (Å²) in [6, 6.07) is 12.5. The monoisotopic (exact) mass is 261 g/mol. The number of para-hydroxylation sites is 1. The van der Waals surface area contributed by atoms with Crippen LogP contribution in [0.5, 0.6) is 5.75 Å². The van der Waals surface area contributed by atoms with Crippen molar-refractivity contribution < 1.29 is 4.74 Å². The fourth-order valence-electron chi connectivity index (χ4n) is 2.13. The maximum Gasteiger partial charge on any atom is 0.122 e. The quantitative estimate of drug-likeness (QED) is 0.867. The van der Waals surface area contributed by atoms with E-state index in [0.717, 1.165) is 18.6 Å². The lowest BCUT2D eigenvalue weighted by Gasteiger charge is -2.16. The highest BCUT2D eigenvalue weighted by Crippen LogP contribution is 2.23. The number of methoxy groups -OCH3 is 1. The Kier molecular flexibility index (Phi) is 4.79. The van der Waals surface area contributed by atoms with Crippen molar-refractivity contribution in [2.45, 2.75) is 12.8 Å². The molecule has 2 N–H and O–H groups in total. The molecule has 0 saturated heterocycles. The Bertz CT molecular complexity index is 467. The highest BCUT2D eigenvalue weighted by atomic mass is 32.1. The number of hydrogen-bond donors (Lipinski definition) is 1. The fourth-order valence-corrected chi connectivity index (χ4v) is 2.96. The van der Waals surface area contributed by atoms with Crippen molar-refractivity contribution in [2.24, 2.45) is 11.7 Å². The Morgan fingerprint density at radius 3 is 2.67 bits per heavy atom. The van der Waals surface area contributed by atoms with E-state index < -0.39 is 0 Å². The summed E-state index contributed by atoms with van der Waals surface area (Å²) in [7, 11) is 1.72. The molecule has 96 valence electrons. The Morgan fingerprint density at radius 1 is 1.17 bits per heavy atom. The first-order chi connectivity index (χ1) is 8.83. The second kappa shape index (κ2) is 6.57. The Balaban J connectivity index is 2.05. The lowest BCUT2D eigenvalue weighted by Crippen LogP contribution is -2.19. The van der Waals surface area contributed by atoms with Gasteiger partial charge >= 0.3 is 0 Å². The molecule has 0 aliphatic heterocycles. The third-order valence-corrected chi connectivity index (χ3v) is 4.00. The molecule has 0 radical (unpaired) electrons.